The highest BCUT2D eigenvalue weighted by molar-refractivity contribution is 6.67. The molecule has 0 bridgehead atoms. The fraction of sp³-hybridized carbons (Fsp3) is 0.222. The van der Waals surface area contributed by atoms with Gasteiger partial charge in [-0.3, -0.25) is 10.1 Å². The fourth-order valence-corrected chi connectivity index (χ4v) is 1.09. The number of nitrogens with one attached hydrogen (secondary N) is 1. The second-order valence-corrected chi connectivity index (χ2v) is 5.60. The average Bonchev–Trinajstić information content (AvgIpc) is 2.26. The largest absolute Gasteiger partial charge is 0.445 e. The van der Waals surface area contributed by atoms with Gasteiger partial charge >= 0.3 is 6.09 Å². The number of halogens is 3. The molecular formula is C9H8Cl3N3O3. The molecule has 2 amide bonds. The van der Waals surface area contributed by atoms with Gasteiger partial charge in [0.25, 0.3) is 5.91 Å². The Labute approximate surface area is 117 Å². The van der Waals surface area contributed by atoms with Crippen molar-refractivity contribution in [1.82, 2.24) is 4.98 Å². The van der Waals surface area contributed by atoms with E-state index in [1.807, 2.05) is 0 Å². The van der Waals surface area contributed by atoms with Gasteiger partial charge in [-0.05, 0) is 12.1 Å². The van der Waals surface area contributed by atoms with E-state index in [4.69, 9.17) is 40.5 Å². The third-order valence-corrected chi connectivity index (χ3v) is 1.93. The van der Waals surface area contributed by atoms with Gasteiger partial charge in [0.1, 0.15) is 18.1 Å². The molecule has 0 saturated heterocycles. The number of aromatic nitrogens is 1. The molecule has 1 heterocycles. The molecule has 0 unspecified atom stereocenters. The molecule has 98 valence electrons. The first-order valence-corrected chi connectivity index (χ1v) is 5.69. The van der Waals surface area contributed by atoms with Crippen LogP contribution >= 0.6 is 34.8 Å². The van der Waals surface area contributed by atoms with Gasteiger partial charge in [-0.15, -0.1) is 0 Å². The topological polar surface area (TPSA) is 94.3 Å². The zero-order chi connectivity index (χ0) is 13.8. The smallest absolute Gasteiger partial charge is 0.412 e. The maximum atomic E-state index is 11.3. The van der Waals surface area contributed by atoms with Crippen LogP contribution in [0.25, 0.3) is 0 Å². The summed E-state index contributed by atoms with van der Waals surface area (Å²) in [5.74, 6) is -0.617. The van der Waals surface area contributed by atoms with E-state index in [2.05, 4.69) is 15.0 Å². The first-order valence-electron chi connectivity index (χ1n) is 4.55. The number of amides is 2. The average molecular weight is 313 g/mol. The number of hydrogen-bond acceptors (Lipinski definition) is 4. The molecule has 9 heteroatoms. The van der Waals surface area contributed by atoms with Crippen LogP contribution < -0.4 is 11.1 Å². The van der Waals surface area contributed by atoms with Crippen molar-refractivity contribution >= 4 is 52.6 Å². The van der Waals surface area contributed by atoms with Gasteiger partial charge in [-0.25, -0.2) is 9.78 Å². The van der Waals surface area contributed by atoms with Crippen LogP contribution in [0, 0.1) is 0 Å². The van der Waals surface area contributed by atoms with E-state index in [-0.39, 0.29) is 11.5 Å². The molecule has 0 radical (unpaired) electrons. The Morgan fingerprint density at radius 1 is 1.39 bits per heavy atom. The van der Waals surface area contributed by atoms with E-state index in [1.54, 1.807) is 0 Å². The Balaban J connectivity index is 2.59. The van der Waals surface area contributed by atoms with Crippen LogP contribution in [0.1, 0.15) is 10.5 Å². The molecule has 18 heavy (non-hydrogen) atoms. The van der Waals surface area contributed by atoms with Crippen LogP contribution in [-0.2, 0) is 4.74 Å². The lowest BCUT2D eigenvalue weighted by Crippen LogP contribution is -2.22. The predicted octanol–water partition coefficient (Wildman–Crippen LogP) is 2.10. The molecule has 0 spiro atoms. The minimum absolute atomic E-state index is 0.00850. The highest BCUT2D eigenvalue weighted by Gasteiger charge is 2.22. The first-order chi connectivity index (χ1) is 8.28. The van der Waals surface area contributed by atoms with Crippen LogP contribution in [0.4, 0.5) is 10.6 Å². The summed E-state index contributed by atoms with van der Waals surface area (Å²) in [6, 6.07) is 4.35. The Kier molecular flexibility index (Phi) is 5.01. The summed E-state index contributed by atoms with van der Waals surface area (Å²) in [5, 5.41) is 2.25. The Morgan fingerprint density at radius 2 is 2.06 bits per heavy atom. The number of pyridine rings is 1. The lowest BCUT2D eigenvalue weighted by atomic mass is 10.3. The number of rotatable bonds is 3. The summed E-state index contributed by atoms with van der Waals surface area (Å²) in [4.78, 5) is 25.9. The number of primary amides is 1. The first kappa shape index (κ1) is 14.8. The molecule has 0 aromatic carbocycles. The van der Waals surface area contributed by atoms with Gasteiger partial charge in [-0.1, -0.05) is 40.9 Å². The standard InChI is InChI=1S/C9H8Cl3N3O3/c10-9(11,12)4-18-8(17)15-6-3-1-2-5(14-6)7(13)16/h1-3H,4H2,(H2,13,16)(H,14,15,17). The van der Waals surface area contributed by atoms with Crippen molar-refractivity contribution in [2.45, 2.75) is 3.79 Å². The minimum atomic E-state index is -1.69. The number of carbonyl (C=O) groups excluding carboxylic acids is 2. The van der Waals surface area contributed by atoms with Gasteiger partial charge in [0.15, 0.2) is 0 Å². The fourth-order valence-electron chi connectivity index (χ4n) is 0.930. The highest BCUT2D eigenvalue weighted by Crippen LogP contribution is 2.25. The normalized spacial score (nSPS) is 10.8. The molecule has 0 fully saturated rings. The monoisotopic (exact) mass is 311 g/mol. The van der Waals surface area contributed by atoms with Crippen molar-refractivity contribution in [2.75, 3.05) is 11.9 Å². The summed E-state index contributed by atoms with van der Waals surface area (Å²) in [7, 11) is 0. The minimum Gasteiger partial charge on any atom is -0.445 e. The zero-order valence-corrected chi connectivity index (χ0v) is 11.1. The van der Waals surface area contributed by atoms with E-state index in [0.29, 0.717) is 0 Å². The number of alkyl halides is 3. The maximum absolute atomic E-state index is 11.3. The Morgan fingerprint density at radius 3 is 2.61 bits per heavy atom. The molecule has 1 aromatic rings. The quantitative estimate of drug-likeness (QED) is 0.836. The Bertz CT molecular complexity index is 462. The van der Waals surface area contributed by atoms with Crippen molar-refractivity contribution in [3.05, 3.63) is 23.9 Å². The second kappa shape index (κ2) is 6.08. The van der Waals surface area contributed by atoms with Gasteiger partial charge in [0.2, 0.25) is 3.79 Å². The van der Waals surface area contributed by atoms with E-state index in [0.717, 1.165) is 0 Å². The maximum Gasteiger partial charge on any atom is 0.412 e. The molecule has 0 atom stereocenters. The van der Waals surface area contributed by atoms with Gasteiger partial charge < -0.3 is 10.5 Å². The number of carbonyl (C=O) groups is 2. The molecule has 0 saturated carbocycles. The van der Waals surface area contributed by atoms with Crippen LogP contribution in [-0.4, -0.2) is 27.4 Å². The lowest BCUT2D eigenvalue weighted by molar-refractivity contribution is 0.0995. The highest BCUT2D eigenvalue weighted by atomic mass is 35.6. The van der Waals surface area contributed by atoms with Crippen LogP contribution in [0.3, 0.4) is 0 Å². The summed E-state index contributed by atoms with van der Waals surface area (Å²) in [6.07, 6.45) is -0.865. The van der Waals surface area contributed by atoms with E-state index in [1.165, 1.54) is 18.2 Å². The molecule has 6 nitrogen and oxygen atoms in total. The molecule has 1 aromatic heterocycles. The summed E-state index contributed by atoms with van der Waals surface area (Å²) in [5.41, 5.74) is 5.04. The van der Waals surface area contributed by atoms with E-state index < -0.39 is 22.4 Å². The number of ether oxygens (including phenoxy) is 1. The van der Waals surface area contributed by atoms with Crippen LogP contribution in [0.15, 0.2) is 18.2 Å². The van der Waals surface area contributed by atoms with Gasteiger partial charge in [-0.2, -0.15) is 0 Å². The molecule has 0 aliphatic carbocycles. The van der Waals surface area contributed by atoms with Crippen molar-refractivity contribution in [1.29, 1.82) is 0 Å². The molecular weight excluding hydrogens is 304 g/mol. The third-order valence-electron chi connectivity index (χ3n) is 1.60. The zero-order valence-electron chi connectivity index (χ0n) is 8.82. The molecule has 0 aliphatic rings. The lowest BCUT2D eigenvalue weighted by Gasteiger charge is -2.11. The van der Waals surface area contributed by atoms with Crippen LogP contribution in [0.5, 0.6) is 0 Å². The van der Waals surface area contributed by atoms with Crippen molar-refractivity contribution in [2.24, 2.45) is 5.73 Å². The molecule has 1 rings (SSSR count). The number of nitrogens with two attached hydrogens (primary N) is 1. The Hall–Kier alpha value is -1.24. The van der Waals surface area contributed by atoms with E-state index in [9.17, 15) is 9.59 Å². The van der Waals surface area contributed by atoms with Crippen LogP contribution in [0.2, 0.25) is 0 Å². The molecule has 3 N–H and O–H groups in total. The van der Waals surface area contributed by atoms with Gasteiger partial charge in [0.05, 0.1) is 0 Å². The predicted molar refractivity (Wildman–Crippen MR) is 68.0 cm³/mol. The third kappa shape index (κ3) is 5.39. The van der Waals surface area contributed by atoms with Crippen molar-refractivity contribution < 1.29 is 14.3 Å². The van der Waals surface area contributed by atoms with Gasteiger partial charge in [0, 0.05) is 0 Å². The molecule has 0 aliphatic heterocycles. The number of nitrogens with zero attached hydrogens (tertiary/aromatic N) is 1. The van der Waals surface area contributed by atoms with E-state index >= 15 is 0 Å². The number of anilines is 1. The van der Waals surface area contributed by atoms with Crippen molar-refractivity contribution in [3.63, 3.8) is 0 Å². The summed E-state index contributed by atoms with van der Waals surface area (Å²) in [6.45, 7) is -0.418. The second-order valence-electron chi connectivity index (χ2n) is 3.09. The van der Waals surface area contributed by atoms with Crippen molar-refractivity contribution in [3.8, 4) is 0 Å². The summed E-state index contributed by atoms with van der Waals surface area (Å²) < 4.78 is 2.91. The summed E-state index contributed by atoms with van der Waals surface area (Å²) >= 11 is 16.2. The number of hydrogen-bond donors (Lipinski definition) is 2. The SMILES string of the molecule is NC(=O)c1cccc(NC(=O)OCC(Cl)(Cl)Cl)n1.